The predicted octanol–water partition coefficient (Wildman–Crippen LogP) is 5.50. The summed E-state index contributed by atoms with van der Waals surface area (Å²) in [6.07, 6.45) is 2.98. The molecule has 3 N–H and O–H groups in total. The van der Waals surface area contributed by atoms with Crippen LogP contribution in [0.2, 0.25) is 0 Å². The van der Waals surface area contributed by atoms with Crippen LogP contribution in [-0.4, -0.2) is 22.9 Å². The highest BCUT2D eigenvalue weighted by molar-refractivity contribution is 7.21. The van der Waals surface area contributed by atoms with Gasteiger partial charge in [-0.05, 0) is 62.2 Å². The minimum Gasteiger partial charge on any atom is -0.355 e. The molecule has 184 valence electrons. The summed E-state index contributed by atoms with van der Waals surface area (Å²) in [5.74, 6) is -0.538. The molecule has 4 rings (SSSR count). The summed E-state index contributed by atoms with van der Waals surface area (Å²) in [4.78, 5) is 38.0. The van der Waals surface area contributed by atoms with Crippen LogP contribution >= 0.6 is 11.3 Å². The van der Waals surface area contributed by atoms with E-state index < -0.39 is 0 Å². The van der Waals surface area contributed by atoms with Gasteiger partial charge >= 0.3 is 0 Å². The van der Waals surface area contributed by atoms with Gasteiger partial charge in [0.25, 0.3) is 11.5 Å². The molecule has 0 unspecified atom stereocenters. The Morgan fingerprint density at radius 3 is 2.47 bits per heavy atom. The van der Waals surface area contributed by atoms with Crippen molar-refractivity contribution < 1.29 is 9.59 Å². The molecule has 0 atom stereocenters. The molecular formula is C28H28N4O3S. The zero-order valence-electron chi connectivity index (χ0n) is 20.7. The number of carbonyl (C=O) groups excluding carboxylic acids is 2. The van der Waals surface area contributed by atoms with Crippen molar-refractivity contribution in [3.63, 3.8) is 0 Å². The number of hydrogen-bond acceptors (Lipinski definition) is 5. The first-order chi connectivity index (χ1) is 17.2. The smallest absolute Gasteiger partial charge is 0.261 e. The Bertz CT molecular complexity index is 1550. The summed E-state index contributed by atoms with van der Waals surface area (Å²) in [6, 6.07) is 13.3. The number of rotatable bonds is 7. The number of aryl methyl sites for hydroxylation is 3. The minimum absolute atomic E-state index is 0.180. The molecule has 0 bridgehead atoms. The third kappa shape index (κ3) is 4.81. The van der Waals surface area contributed by atoms with Gasteiger partial charge in [0.2, 0.25) is 5.91 Å². The van der Waals surface area contributed by atoms with Gasteiger partial charge in [-0.15, -0.1) is 11.3 Å². The predicted molar refractivity (Wildman–Crippen MR) is 149 cm³/mol. The second kappa shape index (κ2) is 10.2. The fraction of sp³-hybridized carbons (Fsp3) is 0.179. The van der Waals surface area contributed by atoms with E-state index in [1.807, 2.05) is 57.2 Å². The summed E-state index contributed by atoms with van der Waals surface area (Å²) in [5.41, 5.74) is 5.93. The summed E-state index contributed by atoms with van der Waals surface area (Å²) in [7, 11) is 1.69. The van der Waals surface area contributed by atoms with E-state index in [4.69, 9.17) is 0 Å². The van der Waals surface area contributed by atoms with E-state index in [-0.39, 0.29) is 17.4 Å². The molecule has 8 heteroatoms. The number of para-hydroxylation sites is 1. The third-order valence-corrected chi connectivity index (χ3v) is 7.08. The standard InChI is InChI=1S/C28H28N4O3S/c1-6-24(33)30-18-11-12-22(31-25-16(3)9-8-10-17(25)4)19(13-18)21-15-32(5)28(35)20-14-23(36-26(20)21)27(34)29-7-2/h6,8-15,31H,1,7H2,2-5H3,(H,29,34)(H,30,33). The van der Waals surface area contributed by atoms with Crippen LogP contribution in [0.1, 0.15) is 27.7 Å². The van der Waals surface area contributed by atoms with E-state index in [2.05, 4.69) is 22.5 Å². The van der Waals surface area contributed by atoms with Crippen molar-refractivity contribution in [2.24, 2.45) is 7.05 Å². The first-order valence-corrected chi connectivity index (χ1v) is 12.4. The van der Waals surface area contributed by atoms with E-state index in [1.54, 1.807) is 19.3 Å². The number of anilines is 3. The summed E-state index contributed by atoms with van der Waals surface area (Å²) in [6.45, 7) is 9.95. The summed E-state index contributed by atoms with van der Waals surface area (Å²) in [5, 5.41) is 9.65. The van der Waals surface area contributed by atoms with Gasteiger partial charge in [-0.25, -0.2) is 0 Å². The first-order valence-electron chi connectivity index (χ1n) is 11.6. The largest absolute Gasteiger partial charge is 0.355 e. The molecule has 0 aliphatic rings. The van der Waals surface area contributed by atoms with E-state index in [9.17, 15) is 14.4 Å². The second-order valence-corrected chi connectivity index (χ2v) is 9.57. The van der Waals surface area contributed by atoms with E-state index in [0.29, 0.717) is 27.2 Å². The monoisotopic (exact) mass is 500 g/mol. The topological polar surface area (TPSA) is 92.2 Å². The second-order valence-electron chi connectivity index (χ2n) is 8.52. The highest BCUT2D eigenvalue weighted by Crippen LogP contribution is 2.40. The van der Waals surface area contributed by atoms with Gasteiger partial charge < -0.3 is 20.5 Å². The molecule has 2 aromatic carbocycles. The van der Waals surface area contributed by atoms with Gasteiger partial charge in [-0.1, -0.05) is 24.8 Å². The number of amides is 2. The van der Waals surface area contributed by atoms with Crippen molar-refractivity contribution in [2.75, 3.05) is 17.2 Å². The first kappa shape index (κ1) is 24.9. The number of carbonyl (C=O) groups is 2. The Kier molecular flexibility index (Phi) is 7.07. The molecule has 0 saturated carbocycles. The third-order valence-electron chi connectivity index (χ3n) is 5.91. The maximum absolute atomic E-state index is 13.0. The lowest BCUT2D eigenvalue weighted by molar-refractivity contribution is -0.111. The number of hydrogen-bond donors (Lipinski definition) is 3. The number of pyridine rings is 1. The number of nitrogens with one attached hydrogen (secondary N) is 3. The minimum atomic E-state index is -0.323. The molecule has 0 spiro atoms. The van der Waals surface area contributed by atoms with Gasteiger partial charge in [-0.2, -0.15) is 0 Å². The van der Waals surface area contributed by atoms with Crippen molar-refractivity contribution in [1.29, 1.82) is 0 Å². The van der Waals surface area contributed by atoms with Crippen LogP contribution < -0.4 is 21.5 Å². The van der Waals surface area contributed by atoms with E-state index in [1.165, 1.54) is 22.0 Å². The molecule has 2 heterocycles. The molecule has 7 nitrogen and oxygen atoms in total. The Hall–Kier alpha value is -4.17. The lowest BCUT2D eigenvalue weighted by Gasteiger charge is -2.18. The molecular weight excluding hydrogens is 472 g/mol. The lowest BCUT2D eigenvalue weighted by Crippen LogP contribution is -2.21. The molecule has 2 amide bonds. The molecule has 2 aromatic heterocycles. The molecule has 36 heavy (non-hydrogen) atoms. The van der Waals surface area contributed by atoms with Crippen molar-refractivity contribution >= 4 is 50.3 Å². The van der Waals surface area contributed by atoms with Crippen LogP contribution in [-0.2, 0) is 11.8 Å². The van der Waals surface area contributed by atoms with E-state index in [0.717, 1.165) is 33.6 Å². The molecule has 0 fully saturated rings. The SMILES string of the molecule is C=CC(=O)Nc1ccc(Nc2c(C)cccc2C)c(-c2cn(C)c(=O)c3cc(C(=O)NCC)sc23)c1. The van der Waals surface area contributed by atoms with Crippen LogP contribution in [0.25, 0.3) is 21.2 Å². The highest BCUT2D eigenvalue weighted by atomic mass is 32.1. The number of aromatic nitrogens is 1. The van der Waals surface area contributed by atoms with Crippen molar-refractivity contribution in [3.8, 4) is 11.1 Å². The quantitative estimate of drug-likeness (QED) is 0.292. The maximum atomic E-state index is 13.0. The fourth-order valence-electron chi connectivity index (χ4n) is 4.10. The van der Waals surface area contributed by atoms with Crippen molar-refractivity contribution in [2.45, 2.75) is 20.8 Å². The van der Waals surface area contributed by atoms with Gasteiger partial charge in [0, 0.05) is 48.0 Å². The Morgan fingerprint density at radius 2 is 1.81 bits per heavy atom. The maximum Gasteiger partial charge on any atom is 0.261 e. The fourth-order valence-corrected chi connectivity index (χ4v) is 5.19. The lowest BCUT2D eigenvalue weighted by atomic mass is 10.0. The molecule has 0 radical (unpaired) electrons. The van der Waals surface area contributed by atoms with Gasteiger partial charge in [-0.3, -0.25) is 14.4 Å². The molecule has 0 aliphatic heterocycles. The molecule has 4 aromatic rings. The summed E-state index contributed by atoms with van der Waals surface area (Å²) >= 11 is 1.28. The average Bonchev–Trinajstić information content (AvgIpc) is 3.30. The van der Waals surface area contributed by atoms with Gasteiger partial charge in [0.05, 0.1) is 15.0 Å². The number of thiophene rings is 1. The zero-order valence-corrected chi connectivity index (χ0v) is 21.5. The number of fused-ring (bicyclic) bond motifs is 1. The Morgan fingerprint density at radius 1 is 1.08 bits per heavy atom. The van der Waals surface area contributed by atoms with E-state index >= 15 is 0 Å². The molecule has 0 aliphatic carbocycles. The Balaban J connectivity index is 1.97. The van der Waals surface area contributed by atoms with Crippen LogP contribution in [0.4, 0.5) is 17.1 Å². The van der Waals surface area contributed by atoms with Crippen LogP contribution in [0.3, 0.4) is 0 Å². The summed E-state index contributed by atoms with van der Waals surface area (Å²) < 4.78 is 2.22. The number of nitrogens with zero attached hydrogens (tertiary/aromatic N) is 1. The van der Waals surface area contributed by atoms with Crippen molar-refractivity contribution in [3.05, 3.63) is 87.7 Å². The molecule has 0 saturated heterocycles. The van der Waals surface area contributed by atoms with Crippen LogP contribution in [0, 0.1) is 13.8 Å². The number of benzene rings is 2. The van der Waals surface area contributed by atoms with Gasteiger partial charge in [0.15, 0.2) is 0 Å². The average molecular weight is 501 g/mol. The van der Waals surface area contributed by atoms with Crippen LogP contribution in [0.5, 0.6) is 0 Å². The van der Waals surface area contributed by atoms with Gasteiger partial charge in [0.1, 0.15) is 0 Å². The Labute approximate surface area is 213 Å². The highest BCUT2D eigenvalue weighted by Gasteiger charge is 2.19. The normalized spacial score (nSPS) is 10.8. The van der Waals surface area contributed by atoms with Crippen LogP contribution in [0.15, 0.2) is 66.1 Å². The zero-order chi connectivity index (χ0) is 26.0. The van der Waals surface area contributed by atoms with Crippen molar-refractivity contribution in [1.82, 2.24) is 9.88 Å².